The molecule has 0 saturated carbocycles. The third kappa shape index (κ3) is 1.98. The number of nitrogens with one attached hydrogen (secondary N) is 1. The minimum absolute atomic E-state index is 0.566. The van der Waals surface area contributed by atoms with Crippen molar-refractivity contribution in [1.29, 1.82) is 0 Å². The second-order valence-electron chi connectivity index (χ2n) is 4.25. The fourth-order valence-corrected chi connectivity index (χ4v) is 2.84. The number of nitrogens with zero attached hydrogens (tertiary/aromatic N) is 1. The van der Waals surface area contributed by atoms with Gasteiger partial charge in [-0.05, 0) is 31.0 Å². The van der Waals surface area contributed by atoms with Gasteiger partial charge < -0.3 is 10.2 Å². The molecular weight excluding hydrogens is 252 g/mol. The summed E-state index contributed by atoms with van der Waals surface area (Å²) in [6.07, 6.45) is 1.16. The molecular formula is C12H17BrN2. The lowest BCUT2D eigenvalue weighted by atomic mass is 10.1. The van der Waals surface area contributed by atoms with Crippen LogP contribution in [0.15, 0.2) is 16.6 Å². The lowest BCUT2D eigenvalue weighted by Gasteiger charge is -2.35. The molecule has 1 aromatic rings. The van der Waals surface area contributed by atoms with Crippen LogP contribution in [-0.2, 0) is 0 Å². The Morgan fingerprint density at radius 1 is 1.53 bits per heavy atom. The maximum absolute atomic E-state index is 3.59. The van der Waals surface area contributed by atoms with Gasteiger partial charge in [0, 0.05) is 24.1 Å². The predicted molar refractivity (Wildman–Crippen MR) is 69.9 cm³/mol. The highest BCUT2D eigenvalue weighted by molar-refractivity contribution is 9.10. The summed E-state index contributed by atoms with van der Waals surface area (Å²) in [4.78, 5) is 2.35. The zero-order chi connectivity index (χ0) is 11.0. The molecule has 0 aromatic heterocycles. The molecule has 1 heterocycles. The molecule has 15 heavy (non-hydrogen) atoms. The Kier molecular flexibility index (Phi) is 2.91. The van der Waals surface area contributed by atoms with Crippen LogP contribution in [0.3, 0.4) is 0 Å². The average molecular weight is 269 g/mol. The summed E-state index contributed by atoms with van der Waals surface area (Å²) >= 11 is 3.54. The first-order valence-electron chi connectivity index (χ1n) is 5.39. The quantitative estimate of drug-likeness (QED) is 0.840. The molecule has 1 atom stereocenters. The molecule has 0 aliphatic carbocycles. The third-order valence-electron chi connectivity index (χ3n) is 2.99. The predicted octanol–water partition coefficient (Wildman–Crippen LogP) is 3.40. The lowest BCUT2D eigenvalue weighted by Crippen LogP contribution is -2.39. The van der Waals surface area contributed by atoms with Gasteiger partial charge in [-0.15, -0.1) is 0 Å². The second-order valence-corrected chi connectivity index (χ2v) is 5.16. The highest BCUT2D eigenvalue weighted by Crippen LogP contribution is 2.36. The first kappa shape index (κ1) is 10.8. The molecule has 1 N–H and O–H groups in total. The van der Waals surface area contributed by atoms with Gasteiger partial charge in [-0.25, -0.2) is 0 Å². The van der Waals surface area contributed by atoms with E-state index in [1.54, 1.807) is 0 Å². The van der Waals surface area contributed by atoms with E-state index in [0.29, 0.717) is 6.04 Å². The van der Waals surface area contributed by atoms with Crippen molar-refractivity contribution in [2.24, 2.45) is 0 Å². The molecule has 1 aliphatic rings. The topological polar surface area (TPSA) is 15.3 Å². The minimum atomic E-state index is 0.566. The Hall–Kier alpha value is -0.700. The minimum Gasteiger partial charge on any atom is -0.379 e. The van der Waals surface area contributed by atoms with Crippen LogP contribution in [0.5, 0.6) is 0 Å². The van der Waals surface area contributed by atoms with Crippen LogP contribution >= 0.6 is 15.9 Å². The summed E-state index contributed by atoms with van der Waals surface area (Å²) in [5.74, 6) is 0. The smallest absolute Gasteiger partial charge is 0.0630 e. The Bertz CT molecular complexity index is 376. The zero-order valence-corrected chi connectivity index (χ0v) is 11.1. The van der Waals surface area contributed by atoms with Gasteiger partial charge in [-0.3, -0.25) is 0 Å². The molecule has 0 radical (unpaired) electrons. The van der Waals surface area contributed by atoms with Crippen molar-refractivity contribution in [3.05, 3.63) is 22.2 Å². The number of likely N-dealkylation sites (N-methyl/N-ethyl adjacent to an activating group) is 1. The molecule has 2 rings (SSSR count). The van der Waals surface area contributed by atoms with Gasteiger partial charge in [0.05, 0.1) is 11.4 Å². The number of rotatable bonds is 1. The van der Waals surface area contributed by atoms with Crippen molar-refractivity contribution < 1.29 is 0 Å². The van der Waals surface area contributed by atoms with E-state index in [2.05, 4.69) is 59.2 Å². The molecule has 0 amide bonds. The number of hydrogen-bond donors (Lipinski definition) is 1. The van der Waals surface area contributed by atoms with E-state index in [-0.39, 0.29) is 0 Å². The molecule has 82 valence electrons. The summed E-state index contributed by atoms with van der Waals surface area (Å²) in [6.45, 7) is 5.47. The van der Waals surface area contributed by atoms with Crippen molar-refractivity contribution in [1.82, 2.24) is 0 Å². The Morgan fingerprint density at radius 2 is 2.27 bits per heavy atom. The number of aryl methyl sites for hydroxylation is 1. The maximum Gasteiger partial charge on any atom is 0.0630 e. The normalized spacial score (nSPS) is 19.7. The fraction of sp³-hybridized carbons (Fsp3) is 0.500. The fourth-order valence-electron chi connectivity index (χ4n) is 2.27. The van der Waals surface area contributed by atoms with Crippen LogP contribution in [0.2, 0.25) is 0 Å². The monoisotopic (exact) mass is 268 g/mol. The molecule has 3 heteroatoms. The lowest BCUT2D eigenvalue weighted by molar-refractivity contribution is 0.661. The van der Waals surface area contributed by atoms with Crippen LogP contribution in [-0.4, -0.2) is 19.6 Å². The van der Waals surface area contributed by atoms with E-state index in [9.17, 15) is 0 Å². The number of fused-ring (bicyclic) bond motifs is 1. The maximum atomic E-state index is 3.59. The summed E-state index contributed by atoms with van der Waals surface area (Å²) < 4.78 is 1.15. The number of halogens is 1. The summed E-state index contributed by atoms with van der Waals surface area (Å²) in [5, 5.41) is 3.59. The third-order valence-corrected chi connectivity index (χ3v) is 3.45. The molecule has 1 unspecified atom stereocenters. The Labute approximate surface area is 99.8 Å². The molecule has 2 nitrogen and oxygen atoms in total. The van der Waals surface area contributed by atoms with E-state index in [1.807, 2.05) is 0 Å². The van der Waals surface area contributed by atoms with Gasteiger partial charge >= 0.3 is 0 Å². The summed E-state index contributed by atoms with van der Waals surface area (Å²) in [7, 11) is 2.17. The molecule has 0 fully saturated rings. The SMILES string of the molecule is CCC1CN(C)c2c(C)cc(Br)cc2N1. The van der Waals surface area contributed by atoms with Gasteiger partial charge in [-0.2, -0.15) is 0 Å². The first-order valence-corrected chi connectivity index (χ1v) is 6.19. The van der Waals surface area contributed by atoms with E-state index in [1.165, 1.54) is 16.9 Å². The zero-order valence-electron chi connectivity index (χ0n) is 9.47. The van der Waals surface area contributed by atoms with Gasteiger partial charge in [-0.1, -0.05) is 22.9 Å². The summed E-state index contributed by atoms with van der Waals surface area (Å²) in [5.41, 5.74) is 3.91. The van der Waals surface area contributed by atoms with Crippen molar-refractivity contribution in [2.45, 2.75) is 26.3 Å². The van der Waals surface area contributed by atoms with Gasteiger partial charge in [0.1, 0.15) is 0 Å². The van der Waals surface area contributed by atoms with Crippen LogP contribution in [0, 0.1) is 6.92 Å². The van der Waals surface area contributed by atoms with Crippen molar-refractivity contribution >= 4 is 27.3 Å². The second kappa shape index (κ2) is 4.05. The Balaban J connectivity index is 2.45. The number of anilines is 2. The van der Waals surface area contributed by atoms with E-state index >= 15 is 0 Å². The number of hydrogen-bond acceptors (Lipinski definition) is 2. The summed E-state index contributed by atoms with van der Waals surface area (Å²) in [6, 6.07) is 4.90. The largest absolute Gasteiger partial charge is 0.379 e. The molecule has 1 aromatic carbocycles. The van der Waals surface area contributed by atoms with E-state index in [4.69, 9.17) is 0 Å². The van der Waals surface area contributed by atoms with Gasteiger partial charge in [0.15, 0.2) is 0 Å². The molecule has 1 aliphatic heterocycles. The first-order chi connectivity index (χ1) is 7.11. The highest BCUT2D eigenvalue weighted by Gasteiger charge is 2.21. The van der Waals surface area contributed by atoms with Crippen molar-refractivity contribution in [3.8, 4) is 0 Å². The number of benzene rings is 1. The molecule has 0 saturated heterocycles. The van der Waals surface area contributed by atoms with Crippen molar-refractivity contribution in [2.75, 3.05) is 23.8 Å². The van der Waals surface area contributed by atoms with E-state index < -0.39 is 0 Å². The van der Waals surface area contributed by atoms with Crippen LogP contribution in [0.4, 0.5) is 11.4 Å². The van der Waals surface area contributed by atoms with E-state index in [0.717, 1.165) is 17.4 Å². The molecule has 0 spiro atoms. The Morgan fingerprint density at radius 3 is 2.93 bits per heavy atom. The van der Waals surface area contributed by atoms with Crippen molar-refractivity contribution in [3.63, 3.8) is 0 Å². The van der Waals surface area contributed by atoms with Gasteiger partial charge in [0.2, 0.25) is 0 Å². The van der Waals surface area contributed by atoms with Crippen LogP contribution in [0.1, 0.15) is 18.9 Å². The van der Waals surface area contributed by atoms with Gasteiger partial charge in [0.25, 0.3) is 0 Å². The van der Waals surface area contributed by atoms with Crippen LogP contribution in [0.25, 0.3) is 0 Å². The highest BCUT2D eigenvalue weighted by atomic mass is 79.9. The average Bonchev–Trinajstić information content (AvgIpc) is 2.15. The van der Waals surface area contributed by atoms with Crippen LogP contribution < -0.4 is 10.2 Å². The molecule has 0 bridgehead atoms. The standard InChI is InChI=1S/C12H17BrN2/c1-4-10-7-15(3)12-8(2)5-9(13)6-11(12)14-10/h5-6,10,14H,4,7H2,1-3H3.